The number of carboxylic acids is 1. The molecule has 0 spiro atoms. The van der Waals surface area contributed by atoms with E-state index in [4.69, 9.17) is 19.6 Å². The Morgan fingerprint density at radius 2 is 1.89 bits per heavy atom. The first-order chi connectivity index (χ1) is 17.5. The Morgan fingerprint density at radius 3 is 2.46 bits per heavy atom. The Kier molecular flexibility index (Phi) is 8.97. The molecule has 4 heterocycles. The number of fused-ring (bicyclic) bond motifs is 1. The van der Waals surface area contributed by atoms with Gasteiger partial charge in [0.25, 0.3) is 5.91 Å². The summed E-state index contributed by atoms with van der Waals surface area (Å²) in [6.45, 7) is 2.73. The number of carbonyl (C=O) groups is 2. The lowest BCUT2D eigenvalue weighted by molar-refractivity contribution is -0.192. The highest BCUT2D eigenvalue weighted by molar-refractivity contribution is 5.92. The van der Waals surface area contributed by atoms with Crippen molar-refractivity contribution in [1.29, 1.82) is 0 Å². The fourth-order valence-corrected chi connectivity index (χ4v) is 3.89. The van der Waals surface area contributed by atoms with Crippen molar-refractivity contribution in [2.75, 3.05) is 45.3 Å². The molecule has 0 bridgehead atoms. The summed E-state index contributed by atoms with van der Waals surface area (Å²) >= 11 is 0. The van der Waals surface area contributed by atoms with Crippen LogP contribution in [0.25, 0.3) is 11.0 Å². The molecule has 1 fully saturated rings. The smallest absolute Gasteiger partial charge is 0.475 e. The second-order valence-corrected chi connectivity index (χ2v) is 8.47. The predicted octanol–water partition coefficient (Wildman–Crippen LogP) is 2.49. The van der Waals surface area contributed by atoms with E-state index in [1.165, 1.54) is 6.20 Å². The molecule has 0 saturated carbocycles. The van der Waals surface area contributed by atoms with Crippen molar-refractivity contribution in [2.24, 2.45) is 7.05 Å². The fraction of sp³-hybridized carbons (Fsp3) is 0.478. The van der Waals surface area contributed by atoms with Crippen LogP contribution in [0.1, 0.15) is 34.9 Å². The van der Waals surface area contributed by atoms with E-state index < -0.39 is 12.1 Å². The molecule has 0 unspecified atom stereocenters. The van der Waals surface area contributed by atoms with Crippen LogP contribution in [0.4, 0.5) is 19.0 Å². The zero-order chi connectivity index (χ0) is 27.2. The van der Waals surface area contributed by atoms with Gasteiger partial charge in [-0.25, -0.2) is 19.7 Å². The molecule has 3 aromatic rings. The number of halogens is 3. The van der Waals surface area contributed by atoms with E-state index in [9.17, 15) is 18.0 Å². The Balaban J connectivity index is 0.000000479. The highest BCUT2D eigenvalue weighted by Crippen LogP contribution is 2.32. The molecule has 0 atom stereocenters. The number of hydrogen-bond acceptors (Lipinski definition) is 8. The van der Waals surface area contributed by atoms with Crippen LogP contribution in [0, 0.1) is 0 Å². The van der Waals surface area contributed by atoms with Gasteiger partial charge in [0.15, 0.2) is 5.82 Å². The molecule has 4 rings (SSSR count). The van der Waals surface area contributed by atoms with E-state index in [1.807, 2.05) is 29.9 Å². The molecule has 0 radical (unpaired) electrons. The van der Waals surface area contributed by atoms with Crippen molar-refractivity contribution in [2.45, 2.75) is 24.9 Å². The molecular weight excluding hydrogens is 495 g/mol. The Morgan fingerprint density at radius 1 is 1.22 bits per heavy atom. The lowest BCUT2D eigenvalue weighted by Crippen LogP contribution is -2.38. The Hall–Kier alpha value is -3.81. The third kappa shape index (κ3) is 6.90. The summed E-state index contributed by atoms with van der Waals surface area (Å²) in [5, 5.41) is 7.12. The van der Waals surface area contributed by atoms with Crippen LogP contribution in [0.3, 0.4) is 0 Å². The van der Waals surface area contributed by atoms with Gasteiger partial charge >= 0.3 is 12.1 Å². The molecule has 1 amide bonds. The lowest BCUT2D eigenvalue weighted by atomic mass is 9.92. The highest BCUT2D eigenvalue weighted by Gasteiger charge is 2.38. The molecule has 3 aromatic heterocycles. The van der Waals surface area contributed by atoms with Crippen LogP contribution in [0.2, 0.25) is 0 Å². The number of aryl methyl sites for hydroxylation is 1. The van der Waals surface area contributed by atoms with Gasteiger partial charge in [-0.15, -0.1) is 0 Å². The number of nitrogens with zero attached hydrogens (tertiary/aromatic N) is 7. The molecule has 200 valence electrons. The number of piperidine rings is 1. The third-order valence-electron chi connectivity index (χ3n) is 5.93. The number of carboxylic acid groups (broad SMARTS) is 1. The van der Waals surface area contributed by atoms with Crippen molar-refractivity contribution in [3.8, 4) is 0 Å². The number of aliphatic carboxylic acids is 1. The average Bonchev–Trinajstić information content (AvgIpc) is 3.27. The van der Waals surface area contributed by atoms with Crippen molar-refractivity contribution < 1.29 is 32.6 Å². The first-order valence-corrected chi connectivity index (χ1v) is 11.4. The molecule has 1 aliphatic heterocycles. The maximum absolute atomic E-state index is 12.6. The second-order valence-electron chi connectivity index (χ2n) is 8.47. The molecule has 14 heteroatoms. The van der Waals surface area contributed by atoms with Crippen LogP contribution in [-0.2, 0) is 16.6 Å². The first kappa shape index (κ1) is 27.8. The second kappa shape index (κ2) is 12.0. The number of pyridine rings is 1. The van der Waals surface area contributed by atoms with Gasteiger partial charge in [-0.05, 0) is 18.9 Å². The standard InChI is InChI=1S/C21H27N7O2.C2HF3O2/c1-26(10-11-30-3)20-19-18(27(2)14-24-19)12-16(25-20)15-4-8-28(9-5-15)21(29)17-13-22-6-7-23-17;3-2(4,5)1(6)7/h6-7,12-15H,4-5,8-11H2,1-3H3;(H,6,7). The Bertz CT molecular complexity index is 1210. The zero-order valence-corrected chi connectivity index (χ0v) is 20.6. The molecule has 1 aliphatic rings. The van der Waals surface area contributed by atoms with Crippen LogP contribution in [-0.4, -0.2) is 93.0 Å². The summed E-state index contributed by atoms with van der Waals surface area (Å²) in [7, 11) is 5.71. The number of alkyl halides is 3. The van der Waals surface area contributed by atoms with Crippen molar-refractivity contribution in [3.63, 3.8) is 0 Å². The number of rotatable bonds is 6. The normalized spacial score (nSPS) is 14.3. The van der Waals surface area contributed by atoms with Crippen LogP contribution >= 0.6 is 0 Å². The minimum absolute atomic E-state index is 0.0587. The van der Waals surface area contributed by atoms with E-state index in [2.05, 4.69) is 25.9 Å². The SMILES string of the molecule is COCCN(C)c1nc(C2CCN(C(=O)c3cnccn3)CC2)cc2c1ncn2C.O=C(O)C(F)(F)F. The van der Waals surface area contributed by atoms with E-state index in [-0.39, 0.29) is 5.91 Å². The van der Waals surface area contributed by atoms with Gasteiger partial charge in [-0.2, -0.15) is 13.2 Å². The van der Waals surface area contributed by atoms with Gasteiger partial charge in [-0.3, -0.25) is 9.78 Å². The van der Waals surface area contributed by atoms with E-state index in [0.717, 1.165) is 41.9 Å². The summed E-state index contributed by atoms with van der Waals surface area (Å²) in [6.07, 6.45) is 3.12. The lowest BCUT2D eigenvalue weighted by Gasteiger charge is -2.32. The number of methoxy groups -OCH3 is 1. The molecule has 11 nitrogen and oxygen atoms in total. The topological polar surface area (TPSA) is 127 Å². The van der Waals surface area contributed by atoms with Crippen LogP contribution in [0.5, 0.6) is 0 Å². The number of carbonyl (C=O) groups excluding carboxylic acids is 1. The summed E-state index contributed by atoms with van der Waals surface area (Å²) in [5.41, 5.74) is 3.41. The number of anilines is 1. The van der Waals surface area contributed by atoms with Crippen molar-refractivity contribution in [1.82, 2.24) is 29.4 Å². The summed E-state index contributed by atoms with van der Waals surface area (Å²) in [4.78, 5) is 43.2. The summed E-state index contributed by atoms with van der Waals surface area (Å²) in [5.74, 6) is -1.65. The minimum Gasteiger partial charge on any atom is -0.475 e. The maximum atomic E-state index is 12.6. The third-order valence-corrected chi connectivity index (χ3v) is 5.93. The number of likely N-dealkylation sites (tertiary alicyclic amines) is 1. The quantitative estimate of drug-likeness (QED) is 0.519. The van der Waals surface area contributed by atoms with Crippen LogP contribution < -0.4 is 4.90 Å². The number of aromatic nitrogens is 5. The van der Waals surface area contributed by atoms with Crippen molar-refractivity contribution in [3.05, 3.63) is 42.4 Å². The molecular formula is C23H28F3N7O4. The largest absolute Gasteiger partial charge is 0.490 e. The summed E-state index contributed by atoms with van der Waals surface area (Å²) < 4.78 is 39.0. The molecule has 37 heavy (non-hydrogen) atoms. The van der Waals surface area contributed by atoms with E-state index in [0.29, 0.717) is 31.3 Å². The molecule has 1 saturated heterocycles. The number of amides is 1. The van der Waals surface area contributed by atoms with Gasteiger partial charge in [0, 0.05) is 64.8 Å². The number of imidazole rings is 1. The van der Waals surface area contributed by atoms with E-state index in [1.54, 1.807) is 19.5 Å². The number of likely N-dealkylation sites (N-methyl/N-ethyl adjacent to an activating group) is 1. The number of hydrogen-bond donors (Lipinski definition) is 1. The maximum Gasteiger partial charge on any atom is 0.490 e. The fourth-order valence-electron chi connectivity index (χ4n) is 3.89. The molecule has 1 N–H and O–H groups in total. The van der Waals surface area contributed by atoms with Gasteiger partial charge in [0.05, 0.1) is 24.6 Å². The van der Waals surface area contributed by atoms with Crippen molar-refractivity contribution >= 4 is 28.7 Å². The van der Waals surface area contributed by atoms with Gasteiger partial charge < -0.3 is 24.2 Å². The summed E-state index contributed by atoms with van der Waals surface area (Å²) in [6, 6.07) is 2.14. The number of ether oxygens (including phenoxy) is 1. The zero-order valence-electron chi connectivity index (χ0n) is 20.6. The van der Waals surface area contributed by atoms with Gasteiger partial charge in [0.1, 0.15) is 11.2 Å². The van der Waals surface area contributed by atoms with Crippen LogP contribution in [0.15, 0.2) is 31.0 Å². The average molecular weight is 524 g/mol. The minimum atomic E-state index is -5.08. The highest BCUT2D eigenvalue weighted by atomic mass is 19.4. The van der Waals surface area contributed by atoms with E-state index >= 15 is 0 Å². The monoisotopic (exact) mass is 523 g/mol. The molecule has 0 aliphatic carbocycles. The Labute approximate surface area is 210 Å². The van der Waals surface area contributed by atoms with Gasteiger partial charge in [-0.1, -0.05) is 0 Å². The molecule has 0 aromatic carbocycles. The predicted molar refractivity (Wildman–Crippen MR) is 127 cm³/mol. The first-order valence-electron chi connectivity index (χ1n) is 11.4. The van der Waals surface area contributed by atoms with Gasteiger partial charge in [0.2, 0.25) is 0 Å².